The van der Waals surface area contributed by atoms with Gasteiger partial charge in [0.05, 0.1) is 0 Å². The number of carbonyl (C=O) groups excluding carboxylic acids is 2. The second kappa shape index (κ2) is 14.1. The Bertz CT molecular complexity index is 622. The van der Waals surface area contributed by atoms with E-state index in [9.17, 15) is 9.59 Å². The van der Waals surface area contributed by atoms with Crippen LogP contribution in [0.3, 0.4) is 0 Å². The van der Waals surface area contributed by atoms with Crippen LogP contribution in [0.2, 0.25) is 0 Å². The molecule has 0 saturated carbocycles. The first kappa shape index (κ1) is 24.2. The molecule has 0 spiro atoms. The number of nitrogens with zero attached hydrogens (tertiary/aromatic N) is 2. The third-order valence-electron chi connectivity index (χ3n) is 5.90. The lowest BCUT2D eigenvalue weighted by Gasteiger charge is -2.36. The van der Waals surface area contributed by atoms with Gasteiger partial charge in [-0.25, -0.2) is 0 Å². The number of carbonyl (C=O) groups is 2. The van der Waals surface area contributed by atoms with Crippen LogP contribution in [0.15, 0.2) is 24.3 Å². The summed E-state index contributed by atoms with van der Waals surface area (Å²) in [4.78, 5) is 28.6. The zero-order valence-electron chi connectivity index (χ0n) is 19.1. The molecule has 1 aromatic rings. The van der Waals surface area contributed by atoms with Gasteiger partial charge in [0.2, 0.25) is 11.8 Å². The summed E-state index contributed by atoms with van der Waals surface area (Å²) in [6, 6.07) is 8.10. The third-order valence-corrected chi connectivity index (χ3v) is 5.90. The van der Waals surface area contributed by atoms with Crippen LogP contribution in [0.1, 0.15) is 84.5 Å². The number of anilines is 2. The zero-order valence-corrected chi connectivity index (χ0v) is 19.1. The van der Waals surface area contributed by atoms with Crippen LogP contribution in [-0.4, -0.2) is 42.9 Å². The normalized spacial score (nSPS) is 14.1. The predicted octanol–water partition coefficient (Wildman–Crippen LogP) is 5.60. The third kappa shape index (κ3) is 8.76. The average Bonchev–Trinajstić information content (AvgIpc) is 2.77. The Morgan fingerprint density at radius 1 is 0.767 bits per heavy atom. The van der Waals surface area contributed by atoms with E-state index in [1.54, 1.807) is 0 Å². The van der Waals surface area contributed by atoms with Gasteiger partial charge in [0, 0.05) is 50.4 Å². The first-order valence-electron chi connectivity index (χ1n) is 12.1. The van der Waals surface area contributed by atoms with Gasteiger partial charge in [-0.1, -0.05) is 58.8 Å². The monoisotopic (exact) mass is 415 g/mol. The highest BCUT2D eigenvalue weighted by molar-refractivity contribution is 5.90. The number of unbranched alkanes of at least 4 members (excludes halogenated alkanes) is 7. The number of rotatable bonds is 13. The molecule has 1 saturated heterocycles. The SMILES string of the molecule is CCCCCCCCCC(=O)Nc1ccc(N2CCN(C(=O)CCCC)CC2)cc1. The van der Waals surface area contributed by atoms with Gasteiger partial charge >= 0.3 is 0 Å². The Morgan fingerprint density at radius 3 is 2.00 bits per heavy atom. The van der Waals surface area contributed by atoms with Crippen molar-refractivity contribution in [2.45, 2.75) is 84.5 Å². The lowest BCUT2D eigenvalue weighted by Crippen LogP contribution is -2.48. The van der Waals surface area contributed by atoms with E-state index in [1.165, 1.54) is 32.1 Å². The van der Waals surface area contributed by atoms with E-state index in [0.29, 0.717) is 12.8 Å². The summed E-state index contributed by atoms with van der Waals surface area (Å²) >= 11 is 0. The molecule has 30 heavy (non-hydrogen) atoms. The summed E-state index contributed by atoms with van der Waals surface area (Å²) in [6.07, 6.45) is 11.9. The van der Waals surface area contributed by atoms with Gasteiger partial charge in [0.15, 0.2) is 0 Å². The first-order chi connectivity index (χ1) is 14.6. The van der Waals surface area contributed by atoms with Crippen molar-refractivity contribution >= 4 is 23.2 Å². The summed E-state index contributed by atoms with van der Waals surface area (Å²) in [7, 11) is 0. The highest BCUT2D eigenvalue weighted by Gasteiger charge is 2.20. The molecule has 1 N–H and O–H groups in total. The molecule has 1 heterocycles. The molecule has 1 aliphatic rings. The summed E-state index contributed by atoms with van der Waals surface area (Å²) in [6.45, 7) is 7.66. The Hall–Kier alpha value is -2.04. The second-order valence-electron chi connectivity index (χ2n) is 8.44. The number of benzene rings is 1. The van der Waals surface area contributed by atoms with Crippen molar-refractivity contribution < 1.29 is 9.59 Å². The van der Waals surface area contributed by atoms with E-state index in [-0.39, 0.29) is 11.8 Å². The van der Waals surface area contributed by atoms with Gasteiger partial charge in [0.25, 0.3) is 0 Å². The minimum absolute atomic E-state index is 0.107. The number of hydrogen-bond donors (Lipinski definition) is 1. The molecule has 5 heteroatoms. The number of hydrogen-bond acceptors (Lipinski definition) is 3. The van der Waals surface area contributed by atoms with Gasteiger partial charge in [-0.15, -0.1) is 0 Å². The van der Waals surface area contributed by atoms with Crippen LogP contribution in [0.5, 0.6) is 0 Å². The molecule has 5 nitrogen and oxygen atoms in total. The van der Waals surface area contributed by atoms with Crippen molar-refractivity contribution in [2.75, 3.05) is 36.4 Å². The minimum atomic E-state index is 0.107. The van der Waals surface area contributed by atoms with E-state index < -0.39 is 0 Å². The molecule has 0 radical (unpaired) electrons. The Labute approximate surface area is 183 Å². The highest BCUT2D eigenvalue weighted by atomic mass is 16.2. The summed E-state index contributed by atoms with van der Waals surface area (Å²) in [5.74, 6) is 0.394. The maximum atomic E-state index is 12.2. The smallest absolute Gasteiger partial charge is 0.224 e. The Morgan fingerprint density at radius 2 is 1.37 bits per heavy atom. The number of amides is 2. The number of nitrogens with one attached hydrogen (secondary N) is 1. The van der Waals surface area contributed by atoms with Crippen LogP contribution < -0.4 is 10.2 Å². The van der Waals surface area contributed by atoms with Crippen LogP contribution in [0, 0.1) is 0 Å². The molecule has 1 aromatic carbocycles. The molecule has 2 rings (SSSR count). The lowest BCUT2D eigenvalue weighted by molar-refractivity contribution is -0.131. The average molecular weight is 416 g/mol. The fourth-order valence-electron chi connectivity index (χ4n) is 3.92. The molecular formula is C25H41N3O2. The summed E-state index contributed by atoms with van der Waals surface area (Å²) in [5, 5.41) is 3.01. The molecule has 1 fully saturated rings. The molecule has 0 unspecified atom stereocenters. The van der Waals surface area contributed by atoms with Crippen molar-refractivity contribution in [1.29, 1.82) is 0 Å². The van der Waals surface area contributed by atoms with Gasteiger partial charge in [-0.3, -0.25) is 9.59 Å². The van der Waals surface area contributed by atoms with E-state index in [4.69, 9.17) is 0 Å². The highest BCUT2D eigenvalue weighted by Crippen LogP contribution is 2.20. The molecule has 0 aromatic heterocycles. The maximum absolute atomic E-state index is 12.2. The lowest BCUT2D eigenvalue weighted by atomic mass is 10.1. The van der Waals surface area contributed by atoms with Crippen LogP contribution in [-0.2, 0) is 9.59 Å². The van der Waals surface area contributed by atoms with Gasteiger partial charge in [0.1, 0.15) is 0 Å². The standard InChI is InChI=1S/C25H41N3O2/c1-3-5-7-8-9-10-11-12-24(29)26-22-14-16-23(17-15-22)27-18-20-28(21-19-27)25(30)13-6-4-2/h14-17H,3-13,18-21H2,1-2H3,(H,26,29). The molecule has 0 bridgehead atoms. The molecular weight excluding hydrogens is 374 g/mol. The van der Waals surface area contributed by atoms with E-state index in [0.717, 1.165) is 63.2 Å². The van der Waals surface area contributed by atoms with Crippen LogP contribution in [0.25, 0.3) is 0 Å². The topological polar surface area (TPSA) is 52.7 Å². The van der Waals surface area contributed by atoms with Crippen molar-refractivity contribution in [1.82, 2.24) is 4.90 Å². The fraction of sp³-hybridized carbons (Fsp3) is 0.680. The quantitative estimate of drug-likeness (QED) is 0.426. The van der Waals surface area contributed by atoms with Crippen molar-refractivity contribution in [3.05, 3.63) is 24.3 Å². The van der Waals surface area contributed by atoms with Crippen molar-refractivity contribution in [3.63, 3.8) is 0 Å². The zero-order chi connectivity index (χ0) is 21.6. The summed E-state index contributed by atoms with van der Waals surface area (Å²) in [5.41, 5.74) is 2.01. The minimum Gasteiger partial charge on any atom is -0.368 e. The Kier molecular flexibility index (Phi) is 11.3. The molecule has 168 valence electrons. The number of piperazine rings is 1. The Balaban J connectivity index is 1.66. The molecule has 0 aliphatic carbocycles. The van der Waals surface area contributed by atoms with Gasteiger partial charge < -0.3 is 15.1 Å². The predicted molar refractivity (Wildman–Crippen MR) is 126 cm³/mol. The van der Waals surface area contributed by atoms with Crippen LogP contribution in [0.4, 0.5) is 11.4 Å². The van der Waals surface area contributed by atoms with E-state index in [2.05, 4.69) is 36.2 Å². The maximum Gasteiger partial charge on any atom is 0.224 e. The largest absolute Gasteiger partial charge is 0.368 e. The van der Waals surface area contributed by atoms with Gasteiger partial charge in [-0.05, 0) is 37.1 Å². The van der Waals surface area contributed by atoms with Gasteiger partial charge in [-0.2, -0.15) is 0 Å². The van der Waals surface area contributed by atoms with Crippen molar-refractivity contribution in [2.24, 2.45) is 0 Å². The molecule has 2 amide bonds. The molecule has 0 atom stereocenters. The fourth-order valence-corrected chi connectivity index (χ4v) is 3.92. The molecule has 1 aliphatic heterocycles. The van der Waals surface area contributed by atoms with E-state index in [1.807, 2.05) is 17.0 Å². The van der Waals surface area contributed by atoms with Crippen molar-refractivity contribution in [3.8, 4) is 0 Å². The summed E-state index contributed by atoms with van der Waals surface area (Å²) < 4.78 is 0. The van der Waals surface area contributed by atoms with Crippen LogP contribution >= 0.6 is 0 Å². The second-order valence-corrected chi connectivity index (χ2v) is 8.44. The van der Waals surface area contributed by atoms with E-state index >= 15 is 0 Å². The first-order valence-corrected chi connectivity index (χ1v) is 12.1.